The van der Waals surface area contributed by atoms with Crippen molar-refractivity contribution in [3.63, 3.8) is 0 Å². The summed E-state index contributed by atoms with van der Waals surface area (Å²) in [7, 11) is 1.67. The molecule has 0 atom stereocenters. The van der Waals surface area contributed by atoms with Crippen molar-refractivity contribution in [2.75, 3.05) is 20.2 Å². The summed E-state index contributed by atoms with van der Waals surface area (Å²) >= 11 is 0. The van der Waals surface area contributed by atoms with E-state index >= 15 is 0 Å². The molecular formula is C12H16N4O. The third-order valence-corrected chi connectivity index (χ3v) is 3.38. The maximum atomic E-state index is 5.36. The van der Waals surface area contributed by atoms with Crippen LogP contribution in [0.1, 0.15) is 24.5 Å². The maximum Gasteiger partial charge on any atom is 0.218 e. The largest absolute Gasteiger partial charge is 0.481 e. The molecule has 1 fully saturated rings. The van der Waals surface area contributed by atoms with Crippen LogP contribution in [0.2, 0.25) is 0 Å². The number of imidazole rings is 1. The summed E-state index contributed by atoms with van der Waals surface area (Å²) in [4.78, 5) is 8.52. The lowest BCUT2D eigenvalue weighted by Gasteiger charge is -2.22. The molecular weight excluding hydrogens is 216 g/mol. The summed E-state index contributed by atoms with van der Waals surface area (Å²) in [5, 5.41) is 3.38. The number of methoxy groups -OCH3 is 1. The van der Waals surface area contributed by atoms with Crippen LogP contribution in [0.15, 0.2) is 18.6 Å². The van der Waals surface area contributed by atoms with Gasteiger partial charge in [0, 0.05) is 17.8 Å². The minimum atomic E-state index is 0.558. The van der Waals surface area contributed by atoms with Crippen molar-refractivity contribution in [2.24, 2.45) is 0 Å². The van der Waals surface area contributed by atoms with Gasteiger partial charge in [-0.25, -0.2) is 4.98 Å². The molecule has 0 spiro atoms. The quantitative estimate of drug-likeness (QED) is 0.845. The first-order chi connectivity index (χ1) is 8.40. The first kappa shape index (κ1) is 10.5. The molecule has 0 bridgehead atoms. The summed E-state index contributed by atoms with van der Waals surface area (Å²) in [5.74, 6) is 1.32. The molecule has 1 N–H and O–H groups in total. The van der Waals surface area contributed by atoms with E-state index in [9.17, 15) is 0 Å². The zero-order valence-corrected chi connectivity index (χ0v) is 9.89. The van der Waals surface area contributed by atoms with Gasteiger partial charge in [0.25, 0.3) is 0 Å². The third-order valence-electron chi connectivity index (χ3n) is 3.38. The highest BCUT2D eigenvalue weighted by Crippen LogP contribution is 2.28. The van der Waals surface area contributed by atoms with E-state index in [0.717, 1.165) is 37.5 Å². The number of nitrogens with zero attached hydrogens (tertiary/aromatic N) is 3. The number of fused-ring (bicyclic) bond motifs is 1. The van der Waals surface area contributed by atoms with Crippen molar-refractivity contribution in [2.45, 2.75) is 18.8 Å². The van der Waals surface area contributed by atoms with E-state index in [0.29, 0.717) is 5.92 Å². The first-order valence-corrected chi connectivity index (χ1v) is 5.96. The topological polar surface area (TPSA) is 51.5 Å². The minimum absolute atomic E-state index is 0.558. The molecule has 3 rings (SSSR count). The van der Waals surface area contributed by atoms with E-state index in [2.05, 4.69) is 19.7 Å². The van der Waals surface area contributed by atoms with Gasteiger partial charge >= 0.3 is 0 Å². The first-order valence-electron chi connectivity index (χ1n) is 5.96. The molecule has 90 valence electrons. The predicted molar refractivity (Wildman–Crippen MR) is 64.4 cm³/mol. The van der Waals surface area contributed by atoms with E-state index in [1.807, 2.05) is 6.20 Å². The fourth-order valence-corrected chi connectivity index (χ4v) is 2.49. The number of piperidine rings is 1. The van der Waals surface area contributed by atoms with Crippen molar-refractivity contribution in [1.29, 1.82) is 0 Å². The standard InChI is InChI=1S/C12H16N4O/c1-17-12-8-14-7-11-15-6-10(16(11)12)9-2-4-13-5-3-9/h6-9,13H,2-5H2,1H3. The van der Waals surface area contributed by atoms with Crippen LogP contribution in [-0.4, -0.2) is 34.6 Å². The molecule has 0 aliphatic carbocycles. The monoisotopic (exact) mass is 232 g/mol. The fraction of sp³-hybridized carbons (Fsp3) is 0.500. The van der Waals surface area contributed by atoms with Gasteiger partial charge in [0.15, 0.2) is 5.65 Å². The zero-order valence-electron chi connectivity index (χ0n) is 9.89. The third kappa shape index (κ3) is 1.76. The Balaban J connectivity index is 2.09. The van der Waals surface area contributed by atoms with Crippen LogP contribution in [0.4, 0.5) is 0 Å². The Hall–Kier alpha value is -1.62. The van der Waals surface area contributed by atoms with Crippen molar-refractivity contribution in [1.82, 2.24) is 19.7 Å². The lowest BCUT2D eigenvalue weighted by atomic mass is 9.95. The average Bonchev–Trinajstić information content (AvgIpc) is 2.83. The van der Waals surface area contributed by atoms with Crippen LogP contribution in [0.25, 0.3) is 5.65 Å². The van der Waals surface area contributed by atoms with Gasteiger partial charge in [-0.05, 0) is 25.9 Å². The molecule has 2 aromatic rings. The van der Waals surface area contributed by atoms with Crippen molar-refractivity contribution in [3.05, 3.63) is 24.3 Å². The van der Waals surface area contributed by atoms with Crippen LogP contribution in [-0.2, 0) is 0 Å². The summed E-state index contributed by atoms with van der Waals surface area (Å²) in [5.41, 5.74) is 2.10. The number of nitrogens with one attached hydrogen (secondary N) is 1. The number of rotatable bonds is 2. The molecule has 0 saturated carbocycles. The second-order valence-corrected chi connectivity index (χ2v) is 4.35. The number of hydrogen-bond donors (Lipinski definition) is 1. The number of ether oxygens (including phenoxy) is 1. The van der Waals surface area contributed by atoms with Crippen molar-refractivity contribution >= 4 is 5.65 Å². The molecule has 1 saturated heterocycles. The highest BCUT2D eigenvalue weighted by atomic mass is 16.5. The predicted octanol–water partition coefficient (Wildman–Crippen LogP) is 1.20. The van der Waals surface area contributed by atoms with Gasteiger partial charge in [-0.15, -0.1) is 0 Å². The maximum absolute atomic E-state index is 5.36. The van der Waals surface area contributed by atoms with Crippen LogP contribution in [0.3, 0.4) is 0 Å². The van der Waals surface area contributed by atoms with E-state index < -0.39 is 0 Å². The Morgan fingerprint density at radius 2 is 2.12 bits per heavy atom. The van der Waals surface area contributed by atoms with Crippen LogP contribution in [0.5, 0.6) is 5.88 Å². The summed E-state index contributed by atoms with van der Waals surface area (Å²) in [6.07, 6.45) is 7.76. The van der Waals surface area contributed by atoms with Crippen molar-refractivity contribution in [3.8, 4) is 5.88 Å². The fourth-order valence-electron chi connectivity index (χ4n) is 2.49. The van der Waals surface area contributed by atoms with E-state index in [-0.39, 0.29) is 0 Å². The van der Waals surface area contributed by atoms with E-state index in [1.165, 1.54) is 5.69 Å². The van der Waals surface area contributed by atoms with E-state index in [4.69, 9.17) is 4.74 Å². The van der Waals surface area contributed by atoms with Gasteiger partial charge < -0.3 is 10.1 Å². The van der Waals surface area contributed by atoms with Gasteiger partial charge in [-0.2, -0.15) is 0 Å². The molecule has 3 heterocycles. The normalized spacial score (nSPS) is 17.5. The molecule has 1 aliphatic rings. The molecule has 17 heavy (non-hydrogen) atoms. The smallest absolute Gasteiger partial charge is 0.218 e. The Labute approximate surface area is 99.8 Å². The summed E-state index contributed by atoms with van der Waals surface area (Å²) in [6, 6.07) is 0. The highest BCUT2D eigenvalue weighted by Gasteiger charge is 2.20. The zero-order chi connectivity index (χ0) is 11.7. The second-order valence-electron chi connectivity index (χ2n) is 4.35. The van der Waals surface area contributed by atoms with Crippen molar-refractivity contribution < 1.29 is 4.74 Å². The van der Waals surface area contributed by atoms with Gasteiger partial charge in [0.1, 0.15) is 0 Å². The van der Waals surface area contributed by atoms with Crippen LogP contribution in [0, 0.1) is 0 Å². The van der Waals surface area contributed by atoms with Gasteiger partial charge in [0.05, 0.1) is 19.5 Å². The molecule has 0 radical (unpaired) electrons. The molecule has 0 unspecified atom stereocenters. The van der Waals surface area contributed by atoms with Gasteiger partial charge in [0.2, 0.25) is 5.88 Å². The molecule has 1 aliphatic heterocycles. The minimum Gasteiger partial charge on any atom is -0.481 e. The highest BCUT2D eigenvalue weighted by molar-refractivity contribution is 5.42. The Morgan fingerprint density at radius 1 is 1.29 bits per heavy atom. The summed E-state index contributed by atoms with van der Waals surface area (Å²) < 4.78 is 7.43. The Morgan fingerprint density at radius 3 is 2.88 bits per heavy atom. The lowest BCUT2D eigenvalue weighted by molar-refractivity contribution is 0.382. The number of hydrogen-bond acceptors (Lipinski definition) is 4. The van der Waals surface area contributed by atoms with Gasteiger partial charge in [-0.3, -0.25) is 9.38 Å². The van der Waals surface area contributed by atoms with Crippen LogP contribution >= 0.6 is 0 Å². The van der Waals surface area contributed by atoms with Gasteiger partial charge in [-0.1, -0.05) is 0 Å². The second kappa shape index (κ2) is 4.33. The molecule has 0 amide bonds. The summed E-state index contributed by atoms with van der Waals surface area (Å²) in [6.45, 7) is 2.15. The van der Waals surface area contributed by atoms with E-state index in [1.54, 1.807) is 19.5 Å². The van der Waals surface area contributed by atoms with Crippen LogP contribution < -0.4 is 10.1 Å². The Bertz CT molecular complexity index is 516. The average molecular weight is 232 g/mol. The molecule has 5 nitrogen and oxygen atoms in total. The molecule has 2 aromatic heterocycles. The Kier molecular flexibility index (Phi) is 2.68. The molecule has 0 aromatic carbocycles. The number of aromatic nitrogens is 3. The SMILES string of the molecule is COc1cncc2ncc(C3CCNCC3)n12. The lowest BCUT2D eigenvalue weighted by Crippen LogP contribution is -2.27. The molecule has 5 heteroatoms.